The normalized spacial score (nSPS) is 8.80. The van der Waals surface area contributed by atoms with Gasteiger partial charge in [-0.25, -0.2) is 0 Å². The molecule has 0 N–H and O–H groups in total. The average Bonchev–Trinajstić information content (AvgIpc) is 2.18. The van der Waals surface area contributed by atoms with Crippen molar-refractivity contribution in [1.29, 1.82) is 0 Å². The van der Waals surface area contributed by atoms with Gasteiger partial charge in [0.05, 0.1) is 13.0 Å². The summed E-state index contributed by atoms with van der Waals surface area (Å²) in [5.74, 6) is 1.52. The maximum atomic E-state index is 11.4. The van der Waals surface area contributed by atoms with E-state index < -0.39 is 5.97 Å². The molecule has 0 unspecified atom stereocenters. The second kappa shape index (κ2) is 7.63. The molecule has 0 rings (SSSR count). The molecule has 4 heteroatoms. The number of hydrogen-bond acceptors (Lipinski definition) is 3. The molecule has 1 amide bonds. The van der Waals surface area contributed by atoms with Crippen LogP contribution in [0.2, 0.25) is 0 Å². The fraction of sp³-hybridized carbons (Fsp3) is 0.455. The topological polar surface area (TPSA) is 46.6 Å². The van der Waals surface area contributed by atoms with Gasteiger partial charge in [0.2, 0.25) is 5.91 Å². The van der Waals surface area contributed by atoms with Gasteiger partial charge in [-0.1, -0.05) is 12.0 Å². The molecule has 0 aromatic rings. The molecule has 0 radical (unpaired) electrons. The van der Waals surface area contributed by atoms with E-state index in [-0.39, 0.29) is 18.9 Å². The lowest BCUT2D eigenvalue weighted by atomic mass is 10.3. The first kappa shape index (κ1) is 13.2. The van der Waals surface area contributed by atoms with Gasteiger partial charge in [-0.15, -0.1) is 13.0 Å². The summed E-state index contributed by atoms with van der Waals surface area (Å²) in [5, 5.41) is 0. The van der Waals surface area contributed by atoms with Crippen LogP contribution in [0.25, 0.3) is 0 Å². The minimum Gasteiger partial charge on any atom is -0.465 e. The lowest BCUT2D eigenvalue weighted by Crippen LogP contribution is -2.36. The lowest BCUT2D eigenvalue weighted by molar-refractivity contribution is -0.148. The van der Waals surface area contributed by atoms with Crippen LogP contribution < -0.4 is 0 Å². The van der Waals surface area contributed by atoms with E-state index >= 15 is 0 Å². The zero-order chi connectivity index (χ0) is 11.7. The van der Waals surface area contributed by atoms with E-state index in [4.69, 9.17) is 11.2 Å². The summed E-state index contributed by atoms with van der Waals surface area (Å²) < 4.78 is 4.73. The Labute approximate surface area is 89.9 Å². The van der Waals surface area contributed by atoms with Gasteiger partial charge in [0.25, 0.3) is 0 Å². The van der Waals surface area contributed by atoms with Crippen molar-refractivity contribution < 1.29 is 14.3 Å². The van der Waals surface area contributed by atoms with Gasteiger partial charge >= 0.3 is 5.97 Å². The van der Waals surface area contributed by atoms with Crippen LogP contribution in [0.1, 0.15) is 13.3 Å². The van der Waals surface area contributed by atoms with Gasteiger partial charge in [0.1, 0.15) is 6.54 Å². The second-order valence-electron chi connectivity index (χ2n) is 2.75. The van der Waals surface area contributed by atoms with Crippen LogP contribution in [0.4, 0.5) is 0 Å². The van der Waals surface area contributed by atoms with Crippen molar-refractivity contribution in [3.05, 3.63) is 12.7 Å². The highest BCUT2D eigenvalue weighted by Crippen LogP contribution is 1.95. The second-order valence-corrected chi connectivity index (χ2v) is 2.75. The summed E-state index contributed by atoms with van der Waals surface area (Å²) in [6, 6.07) is 0. The van der Waals surface area contributed by atoms with Gasteiger partial charge in [-0.2, -0.15) is 0 Å². The van der Waals surface area contributed by atoms with Crippen LogP contribution in [0, 0.1) is 12.3 Å². The number of amides is 1. The van der Waals surface area contributed by atoms with Crippen molar-refractivity contribution in [2.75, 3.05) is 19.7 Å². The molecule has 0 heterocycles. The number of terminal acetylenes is 1. The number of nitrogens with zero attached hydrogens (tertiary/aromatic N) is 1. The van der Waals surface area contributed by atoms with Gasteiger partial charge in [0, 0.05) is 6.54 Å². The molecule has 0 aliphatic rings. The van der Waals surface area contributed by atoms with Crippen molar-refractivity contribution in [3.63, 3.8) is 0 Å². The summed E-state index contributed by atoms with van der Waals surface area (Å²) in [6.07, 6.45) is 6.53. The first-order valence-electron chi connectivity index (χ1n) is 4.63. The van der Waals surface area contributed by atoms with E-state index in [1.807, 2.05) is 0 Å². The quantitative estimate of drug-likeness (QED) is 0.365. The Morgan fingerprint density at radius 2 is 2.27 bits per heavy atom. The zero-order valence-corrected chi connectivity index (χ0v) is 8.86. The van der Waals surface area contributed by atoms with Crippen LogP contribution >= 0.6 is 0 Å². The predicted molar refractivity (Wildman–Crippen MR) is 56.9 cm³/mol. The molecular formula is C11H15NO3. The third-order valence-electron chi connectivity index (χ3n) is 1.58. The molecule has 0 saturated carbocycles. The lowest BCUT2D eigenvalue weighted by Gasteiger charge is -2.18. The molecule has 0 fully saturated rings. The monoisotopic (exact) mass is 209 g/mol. The number of hydrogen-bond donors (Lipinski definition) is 0. The van der Waals surface area contributed by atoms with Gasteiger partial charge in [-0.3, -0.25) is 9.59 Å². The van der Waals surface area contributed by atoms with Gasteiger partial charge in [-0.05, 0) is 6.92 Å². The summed E-state index contributed by atoms with van der Waals surface area (Å²) in [5.41, 5.74) is 0. The van der Waals surface area contributed by atoms with Crippen molar-refractivity contribution in [3.8, 4) is 12.3 Å². The Bertz CT molecular complexity index is 278. The Balaban J connectivity index is 4.27. The highest BCUT2D eigenvalue weighted by atomic mass is 16.5. The fourth-order valence-corrected chi connectivity index (χ4v) is 0.972. The number of rotatable bonds is 6. The standard InChI is InChI=1S/C11H15NO3/c1-4-7-10(13)12(8-5-2)9-11(14)15-6-3/h1,5H,2,6-9H2,3H3. The van der Waals surface area contributed by atoms with Crippen LogP contribution in [0.3, 0.4) is 0 Å². The highest BCUT2D eigenvalue weighted by Gasteiger charge is 2.15. The van der Waals surface area contributed by atoms with Crippen LogP contribution in [0.5, 0.6) is 0 Å². The van der Waals surface area contributed by atoms with E-state index in [0.717, 1.165) is 0 Å². The maximum Gasteiger partial charge on any atom is 0.325 e. The van der Waals surface area contributed by atoms with E-state index in [1.54, 1.807) is 6.92 Å². The van der Waals surface area contributed by atoms with Crippen molar-refractivity contribution in [2.24, 2.45) is 0 Å². The van der Waals surface area contributed by atoms with E-state index in [1.165, 1.54) is 11.0 Å². The molecule has 0 saturated heterocycles. The molecule has 0 bridgehead atoms. The maximum absolute atomic E-state index is 11.4. The van der Waals surface area contributed by atoms with Crippen molar-refractivity contribution >= 4 is 11.9 Å². The molecule has 4 nitrogen and oxygen atoms in total. The Kier molecular flexibility index (Phi) is 6.73. The Morgan fingerprint density at radius 3 is 2.73 bits per heavy atom. The fourth-order valence-electron chi connectivity index (χ4n) is 0.972. The Morgan fingerprint density at radius 1 is 1.60 bits per heavy atom. The average molecular weight is 209 g/mol. The van der Waals surface area contributed by atoms with E-state index in [9.17, 15) is 9.59 Å². The Hall–Kier alpha value is -1.76. The largest absolute Gasteiger partial charge is 0.465 e. The smallest absolute Gasteiger partial charge is 0.325 e. The minimum atomic E-state index is -0.440. The molecular weight excluding hydrogens is 194 g/mol. The van der Waals surface area contributed by atoms with Gasteiger partial charge < -0.3 is 9.64 Å². The predicted octanol–water partition coefficient (Wildman–Crippen LogP) is 0.587. The number of carbonyl (C=O) groups excluding carboxylic acids is 2. The van der Waals surface area contributed by atoms with E-state index in [0.29, 0.717) is 13.2 Å². The van der Waals surface area contributed by atoms with E-state index in [2.05, 4.69) is 12.5 Å². The minimum absolute atomic E-state index is 0.0206. The first-order valence-corrected chi connectivity index (χ1v) is 4.63. The number of esters is 1. The molecule has 0 aromatic carbocycles. The molecule has 0 aromatic heterocycles. The molecule has 0 atom stereocenters. The third-order valence-corrected chi connectivity index (χ3v) is 1.58. The third kappa shape index (κ3) is 5.53. The van der Waals surface area contributed by atoms with Crippen molar-refractivity contribution in [1.82, 2.24) is 4.90 Å². The first-order chi connectivity index (χ1) is 7.15. The van der Waals surface area contributed by atoms with Crippen molar-refractivity contribution in [2.45, 2.75) is 13.3 Å². The summed E-state index contributed by atoms with van der Waals surface area (Å²) >= 11 is 0. The molecule has 82 valence electrons. The summed E-state index contributed by atoms with van der Waals surface area (Å²) in [6.45, 7) is 5.71. The van der Waals surface area contributed by atoms with Crippen LogP contribution in [0.15, 0.2) is 12.7 Å². The van der Waals surface area contributed by atoms with Gasteiger partial charge in [0.15, 0.2) is 0 Å². The molecule has 15 heavy (non-hydrogen) atoms. The number of ether oxygens (including phenoxy) is 1. The molecule has 0 aliphatic heterocycles. The number of carbonyl (C=O) groups is 2. The van der Waals surface area contributed by atoms with Crippen LogP contribution in [-0.2, 0) is 14.3 Å². The molecule has 0 aliphatic carbocycles. The SMILES string of the molecule is C#CCC(=O)N(CC=C)CC(=O)OCC. The highest BCUT2D eigenvalue weighted by molar-refractivity contribution is 5.83. The molecule has 0 spiro atoms. The zero-order valence-electron chi connectivity index (χ0n) is 8.86. The summed E-state index contributed by atoms with van der Waals surface area (Å²) in [4.78, 5) is 23.8. The summed E-state index contributed by atoms with van der Waals surface area (Å²) in [7, 11) is 0. The van der Waals surface area contributed by atoms with Crippen LogP contribution in [-0.4, -0.2) is 36.5 Å².